The Labute approximate surface area is 172 Å². The lowest BCUT2D eigenvalue weighted by molar-refractivity contribution is -0.117. The summed E-state index contributed by atoms with van der Waals surface area (Å²) in [4.78, 5) is 28.5. The second-order valence-corrected chi connectivity index (χ2v) is 7.19. The Morgan fingerprint density at radius 3 is 2.55 bits per heavy atom. The summed E-state index contributed by atoms with van der Waals surface area (Å²) in [7, 11) is 1.53. The Morgan fingerprint density at radius 1 is 1.14 bits per heavy atom. The van der Waals surface area contributed by atoms with E-state index in [0.29, 0.717) is 27.8 Å². The second kappa shape index (κ2) is 7.97. The summed E-state index contributed by atoms with van der Waals surface area (Å²) in [6, 6.07) is 12.1. The first-order valence-corrected chi connectivity index (χ1v) is 9.51. The van der Waals surface area contributed by atoms with Crippen LogP contribution in [0.2, 0.25) is 5.02 Å². The van der Waals surface area contributed by atoms with Gasteiger partial charge in [-0.1, -0.05) is 11.6 Å². The maximum Gasteiger partial charge on any atom is 0.255 e. The summed E-state index contributed by atoms with van der Waals surface area (Å²) < 4.78 is 6.89. The zero-order valence-electron chi connectivity index (χ0n) is 15.7. The number of imidazole rings is 1. The molecule has 1 fully saturated rings. The number of benzene rings is 2. The minimum absolute atomic E-state index is 0.0147. The lowest BCUT2D eigenvalue weighted by Crippen LogP contribution is -2.13. The highest BCUT2D eigenvalue weighted by molar-refractivity contribution is 6.32. The molecular weight excluding hydrogens is 392 g/mol. The predicted molar refractivity (Wildman–Crippen MR) is 111 cm³/mol. The van der Waals surface area contributed by atoms with E-state index in [-0.39, 0.29) is 17.7 Å². The fraction of sp³-hybridized carbons (Fsp3) is 0.190. The normalized spacial score (nSPS) is 13.0. The molecule has 4 rings (SSSR count). The molecule has 0 atom stereocenters. The van der Waals surface area contributed by atoms with Gasteiger partial charge >= 0.3 is 0 Å². The molecule has 0 spiro atoms. The predicted octanol–water partition coefficient (Wildman–Crippen LogP) is 4.14. The molecular formula is C21H19ClN4O3. The molecule has 3 aromatic rings. The molecule has 2 N–H and O–H groups in total. The number of hydrogen-bond donors (Lipinski definition) is 2. The van der Waals surface area contributed by atoms with Crippen molar-refractivity contribution in [2.75, 3.05) is 17.7 Å². The van der Waals surface area contributed by atoms with Gasteiger partial charge in [0.1, 0.15) is 12.1 Å². The smallest absolute Gasteiger partial charge is 0.255 e. The number of methoxy groups -OCH3 is 1. The topological polar surface area (TPSA) is 85.2 Å². The van der Waals surface area contributed by atoms with Crippen LogP contribution in [0, 0.1) is 5.92 Å². The number of ether oxygens (including phenoxy) is 1. The van der Waals surface area contributed by atoms with E-state index in [2.05, 4.69) is 15.6 Å². The fourth-order valence-corrected chi connectivity index (χ4v) is 3.09. The highest BCUT2D eigenvalue weighted by Crippen LogP contribution is 2.30. The van der Waals surface area contributed by atoms with Crippen molar-refractivity contribution >= 4 is 34.9 Å². The molecule has 1 saturated carbocycles. The molecule has 148 valence electrons. The van der Waals surface area contributed by atoms with Crippen molar-refractivity contribution in [3.8, 4) is 11.4 Å². The van der Waals surface area contributed by atoms with Crippen LogP contribution in [-0.4, -0.2) is 28.5 Å². The Kier molecular flexibility index (Phi) is 5.22. The molecule has 29 heavy (non-hydrogen) atoms. The van der Waals surface area contributed by atoms with Gasteiger partial charge in [-0.15, -0.1) is 0 Å². The summed E-state index contributed by atoms with van der Waals surface area (Å²) in [5, 5.41) is 6.04. The molecule has 7 nitrogen and oxygen atoms in total. The number of carbonyl (C=O) groups is 2. The maximum atomic E-state index is 12.5. The van der Waals surface area contributed by atoms with Gasteiger partial charge in [0.05, 0.1) is 18.3 Å². The first-order chi connectivity index (χ1) is 14.0. The van der Waals surface area contributed by atoms with Gasteiger partial charge in [-0.3, -0.25) is 9.59 Å². The Hall–Kier alpha value is -3.32. The fourth-order valence-electron chi connectivity index (χ4n) is 2.83. The van der Waals surface area contributed by atoms with Gasteiger partial charge in [-0.2, -0.15) is 0 Å². The average Bonchev–Trinajstić information content (AvgIpc) is 3.48. The van der Waals surface area contributed by atoms with Gasteiger partial charge in [0.2, 0.25) is 5.91 Å². The van der Waals surface area contributed by atoms with Crippen molar-refractivity contribution < 1.29 is 14.3 Å². The van der Waals surface area contributed by atoms with Crippen LogP contribution >= 0.6 is 11.6 Å². The Bertz CT molecular complexity index is 1060. The zero-order chi connectivity index (χ0) is 20.4. The highest BCUT2D eigenvalue weighted by Gasteiger charge is 2.29. The number of anilines is 2. The number of rotatable bonds is 6. The third-order valence-electron chi connectivity index (χ3n) is 4.62. The quantitative estimate of drug-likeness (QED) is 0.639. The summed E-state index contributed by atoms with van der Waals surface area (Å²) >= 11 is 6.09. The second-order valence-electron chi connectivity index (χ2n) is 6.78. The van der Waals surface area contributed by atoms with Crippen LogP contribution in [0.5, 0.6) is 5.75 Å². The number of aromatic nitrogens is 2. The monoisotopic (exact) mass is 410 g/mol. The first kappa shape index (κ1) is 19.0. The molecule has 2 amide bonds. The molecule has 0 unspecified atom stereocenters. The largest absolute Gasteiger partial charge is 0.495 e. The standard InChI is InChI=1S/C21H19ClN4O3/c1-29-18-9-6-15(10-17(18)22)24-20(27)14-4-7-16(8-5-14)26-11-19(23-12-26)25-21(28)13-2-3-13/h4-13H,2-3H2,1H3,(H,24,27)(H,25,28). The van der Waals surface area contributed by atoms with Crippen molar-refractivity contribution in [1.82, 2.24) is 9.55 Å². The molecule has 0 radical (unpaired) electrons. The van der Waals surface area contributed by atoms with Gasteiger partial charge in [0.25, 0.3) is 5.91 Å². The van der Waals surface area contributed by atoms with E-state index in [4.69, 9.17) is 16.3 Å². The SMILES string of the molecule is COc1ccc(NC(=O)c2ccc(-n3cnc(NC(=O)C4CC4)c3)cc2)cc1Cl. The van der Waals surface area contributed by atoms with Crippen molar-refractivity contribution in [3.63, 3.8) is 0 Å². The van der Waals surface area contributed by atoms with Crippen molar-refractivity contribution in [1.29, 1.82) is 0 Å². The minimum Gasteiger partial charge on any atom is -0.495 e. The molecule has 0 bridgehead atoms. The van der Waals surface area contributed by atoms with E-state index < -0.39 is 0 Å². The van der Waals surface area contributed by atoms with Crippen LogP contribution in [0.15, 0.2) is 55.0 Å². The van der Waals surface area contributed by atoms with Crippen LogP contribution < -0.4 is 15.4 Å². The number of hydrogen-bond acceptors (Lipinski definition) is 4. The molecule has 0 aliphatic heterocycles. The number of amides is 2. The van der Waals surface area contributed by atoms with Crippen LogP contribution in [-0.2, 0) is 4.79 Å². The molecule has 1 heterocycles. The van der Waals surface area contributed by atoms with Gasteiger partial charge in [0.15, 0.2) is 5.82 Å². The van der Waals surface area contributed by atoms with E-state index in [0.717, 1.165) is 18.5 Å². The van der Waals surface area contributed by atoms with Crippen molar-refractivity contribution in [2.24, 2.45) is 5.92 Å². The summed E-state index contributed by atoms with van der Waals surface area (Å²) in [6.45, 7) is 0. The molecule has 0 saturated heterocycles. The highest BCUT2D eigenvalue weighted by atomic mass is 35.5. The van der Waals surface area contributed by atoms with E-state index in [1.807, 2.05) is 12.1 Å². The van der Waals surface area contributed by atoms with Crippen LogP contribution in [0.3, 0.4) is 0 Å². The summed E-state index contributed by atoms with van der Waals surface area (Å²) in [5.41, 5.74) is 1.91. The molecule has 1 aliphatic carbocycles. The molecule has 1 aliphatic rings. The third kappa shape index (κ3) is 4.41. The van der Waals surface area contributed by atoms with Crippen LogP contribution in [0.25, 0.3) is 5.69 Å². The number of carbonyl (C=O) groups excluding carboxylic acids is 2. The maximum absolute atomic E-state index is 12.5. The van der Waals surface area contributed by atoms with E-state index in [9.17, 15) is 9.59 Å². The van der Waals surface area contributed by atoms with Crippen molar-refractivity contribution in [3.05, 3.63) is 65.6 Å². The number of nitrogens with zero attached hydrogens (tertiary/aromatic N) is 2. The summed E-state index contributed by atoms with van der Waals surface area (Å²) in [5.74, 6) is 0.947. The van der Waals surface area contributed by atoms with E-state index in [1.54, 1.807) is 47.4 Å². The molecule has 1 aromatic heterocycles. The lowest BCUT2D eigenvalue weighted by Gasteiger charge is -2.09. The molecule has 8 heteroatoms. The van der Waals surface area contributed by atoms with Crippen LogP contribution in [0.1, 0.15) is 23.2 Å². The lowest BCUT2D eigenvalue weighted by atomic mass is 10.2. The van der Waals surface area contributed by atoms with Gasteiger partial charge < -0.3 is 19.9 Å². The van der Waals surface area contributed by atoms with E-state index >= 15 is 0 Å². The van der Waals surface area contributed by atoms with Crippen molar-refractivity contribution in [2.45, 2.75) is 12.8 Å². The number of nitrogens with one attached hydrogen (secondary N) is 2. The Balaban J connectivity index is 1.42. The average molecular weight is 411 g/mol. The van der Waals surface area contributed by atoms with E-state index in [1.165, 1.54) is 7.11 Å². The van der Waals surface area contributed by atoms with Gasteiger partial charge in [0, 0.05) is 22.9 Å². The van der Waals surface area contributed by atoms with Gasteiger partial charge in [-0.05, 0) is 55.3 Å². The van der Waals surface area contributed by atoms with Gasteiger partial charge in [-0.25, -0.2) is 4.98 Å². The summed E-state index contributed by atoms with van der Waals surface area (Å²) in [6.07, 6.45) is 5.25. The van der Waals surface area contributed by atoms with Crippen LogP contribution in [0.4, 0.5) is 11.5 Å². The molecule has 2 aromatic carbocycles. The zero-order valence-corrected chi connectivity index (χ0v) is 16.4. The Morgan fingerprint density at radius 2 is 1.90 bits per heavy atom. The minimum atomic E-state index is -0.249. The third-order valence-corrected chi connectivity index (χ3v) is 4.91. The number of halogens is 1. The first-order valence-electron chi connectivity index (χ1n) is 9.13.